The summed E-state index contributed by atoms with van der Waals surface area (Å²) in [5.74, 6) is -0.625. The topological polar surface area (TPSA) is 126 Å². The number of ether oxygens (including phenoxy) is 2. The first-order valence-electron chi connectivity index (χ1n) is 9.30. The lowest BCUT2D eigenvalue weighted by molar-refractivity contribution is -0.385. The number of imidazole rings is 1. The van der Waals surface area contributed by atoms with E-state index in [1.165, 1.54) is 13.2 Å². The molecule has 10 nitrogen and oxygen atoms in total. The number of aryl methyl sites for hydroxylation is 1. The van der Waals surface area contributed by atoms with Gasteiger partial charge in [-0.25, -0.2) is 14.6 Å². The zero-order chi connectivity index (χ0) is 22.5. The number of benzene rings is 1. The zero-order valence-corrected chi connectivity index (χ0v) is 17.7. The van der Waals surface area contributed by atoms with E-state index in [9.17, 15) is 19.7 Å². The number of methoxy groups -OCH3 is 1. The first kappa shape index (κ1) is 22.9. The van der Waals surface area contributed by atoms with Gasteiger partial charge >= 0.3 is 12.1 Å². The number of hydrogen-bond donors (Lipinski definition) is 1. The van der Waals surface area contributed by atoms with Crippen LogP contribution < -0.4 is 5.32 Å². The predicted molar refractivity (Wildman–Crippen MR) is 108 cm³/mol. The van der Waals surface area contributed by atoms with E-state index in [4.69, 9.17) is 9.47 Å². The number of aromatic nitrogens is 2. The van der Waals surface area contributed by atoms with Crippen molar-refractivity contribution in [1.29, 1.82) is 0 Å². The van der Waals surface area contributed by atoms with Crippen molar-refractivity contribution in [3.8, 4) is 0 Å². The monoisotopic (exact) mass is 418 g/mol. The van der Waals surface area contributed by atoms with Crippen molar-refractivity contribution in [1.82, 2.24) is 14.9 Å². The lowest BCUT2D eigenvalue weighted by atomic mass is 10.1. The average Bonchev–Trinajstić information content (AvgIpc) is 3.07. The molecule has 30 heavy (non-hydrogen) atoms. The average molecular weight is 418 g/mol. The van der Waals surface area contributed by atoms with Crippen LogP contribution in [-0.4, -0.2) is 45.3 Å². The summed E-state index contributed by atoms with van der Waals surface area (Å²) >= 11 is 0. The van der Waals surface area contributed by atoms with Gasteiger partial charge in [0.1, 0.15) is 11.6 Å². The standard InChI is InChI=1S/C20H26N4O6/c1-13-6-7-14(8-17(13)24(27)28)11-23-12-21-10-15(23)9-16(18(25)29-5)22-19(26)30-20(2,3)4/h6-8,10,12,16H,9,11H2,1-5H3,(H,22,26). The fourth-order valence-corrected chi connectivity index (χ4v) is 2.80. The van der Waals surface area contributed by atoms with E-state index in [-0.39, 0.29) is 12.1 Å². The molecule has 162 valence electrons. The number of nitrogens with one attached hydrogen (secondary N) is 1. The number of amides is 1. The summed E-state index contributed by atoms with van der Waals surface area (Å²) in [5, 5.41) is 13.7. The van der Waals surface area contributed by atoms with Crippen molar-refractivity contribution in [3.63, 3.8) is 0 Å². The number of hydrogen-bond acceptors (Lipinski definition) is 7. The number of carbonyl (C=O) groups excluding carboxylic acids is 2. The van der Waals surface area contributed by atoms with Crippen LogP contribution in [0.3, 0.4) is 0 Å². The second-order valence-electron chi connectivity index (χ2n) is 7.82. The molecule has 1 heterocycles. The second kappa shape index (κ2) is 9.38. The maximum absolute atomic E-state index is 12.2. The van der Waals surface area contributed by atoms with Crippen LogP contribution >= 0.6 is 0 Å². The van der Waals surface area contributed by atoms with Crippen LogP contribution in [0.1, 0.15) is 37.6 Å². The van der Waals surface area contributed by atoms with Crippen molar-refractivity contribution < 1.29 is 24.0 Å². The Kier molecular flexibility index (Phi) is 7.14. The third-order valence-electron chi connectivity index (χ3n) is 4.21. The maximum Gasteiger partial charge on any atom is 0.408 e. The lowest BCUT2D eigenvalue weighted by Gasteiger charge is -2.22. The lowest BCUT2D eigenvalue weighted by Crippen LogP contribution is -2.45. The molecule has 0 aliphatic rings. The van der Waals surface area contributed by atoms with Crippen LogP contribution in [0.15, 0.2) is 30.7 Å². The fraction of sp³-hybridized carbons (Fsp3) is 0.450. The molecule has 1 unspecified atom stereocenters. The van der Waals surface area contributed by atoms with Gasteiger partial charge in [0.15, 0.2) is 0 Å². The van der Waals surface area contributed by atoms with Crippen molar-refractivity contribution in [3.05, 3.63) is 57.7 Å². The molecule has 1 aromatic heterocycles. The normalized spacial score (nSPS) is 12.2. The van der Waals surface area contributed by atoms with Crippen LogP contribution in [0.2, 0.25) is 0 Å². The minimum atomic E-state index is -0.979. The largest absolute Gasteiger partial charge is 0.467 e. The first-order valence-corrected chi connectivity index (χ1v) is 9.30. The van der Waals surface area contributed by atoms with E-state index in [0.29, 0.717) is 23.4 Å². The Balaban J connectivity index is 2.19. The van der Waals surface area contributed by atoms with Gasteiger partial charge in [-0.2, -0.15) is 0 Å². The van der Waals surface area contributed by atoms with Gasteiger partial charge in [0.2, 0.25) is 0 Å². The Labute approximate surface area is 174 Å². The Morgan fingerprint density at radius 2 is 2.03 bits per heavy atom. The highest BCUT2D eigenvalue weighted by atomic mass is 16.6. The van der Waals surface area contributed by atoms with E-state index in [1.807, 2.05) is 0 Å². The van der Waals surface area contributed by atoms with Crippen LogP contribution in [0.4, 0.5) is 10.5 Å². The highest BCUT2D eigenvalue weighted by molar-refractivity contribution is 5.81. The molecular weight excluding hydrogens is 392 g/mol. The highest BCUT2D eigenvalue weighted by Gasteiger charge is 2.26. The summed E-state index contributed by atoms with van der Waals surface area (Å²) in [6.45, 7) is 7.14. The maximum atomic E-state index is 12.2. The van der Waals surface area contributed by atoms with E-state index in [0.717, 1.165) is 0 Å². The molecular formula is C20H26N4O6. The minimum Gasteiger partial charge on any atom is -0.467 e. The van der Waals surface area contributed by atoms with Gasteiger partial charge in [0.05, 0.1) is 18.4 Å². The van der Waals surface area contributed by atoms with Crippen molar-refractivity contribution in [2.75, 3.05) is 7.11 Å². The molecule has 0 aliphatic carbocycles. The molecule has 1 amide bonds. The van der Waals surface area contributed by atoms with Crippen molar-refractivity contribution in [2.24, 2.45) is 0 Å². The van der Waals surface area contributed by atoms with Gasteiger partial charge in [-0.15, -0.1) is 0 Å². The van der Waals surface area contributed by atoms with Crippen LogP contribution in [-0.2, 0) is 27.2 Å². The predicted octanol–water partition coefficient (Wildman–Crippen LogP) is 2.76. The third kappa shape index (κ3) is 6.29. The van der Waals surface area contributed by atoms with Crippen LogP contribution in [0, 0.1) is 17.0 Å². The Morgan fingerprint density at radius 3 is 2.63 bits per heavy atom. The van der Waals surface area contributed by atoms with Gasteiger partial charge in [-0.05, 0) is 33.3 Å². The molecule has 1 atom stereocenters. The number of nitro groups is 1. The minimum absolute atomic E-state index is 0.0354. The van der Waals surface area contributed by atoms with Gasteiger partial charge in [-0.1, -0.05) is 12.1 Å². The third-order valence-corrected chi connectivity index (χ3v) is 4.21. The number of rotatable bonds is 7. The van der Waals surface area contributed by atoms with Crippen LogP contribution in [0.25, 0.3) is 0 Å². The summed E-state index contributed by atoms with van der Waals surface area (Å²) in [6.07, 6.45) is 2.50. The van der Waals surface area contributed by atoms with Gasteiger partial charge in [0, 0.05) is 36.5 Å². The summed E-state index contributed by atoms with van der Waals surface area (Å²) < 4.78 is 11.8. The molecule has 0 bridgehead atoms. The van der Waals surface area contributed by atoms with E-state index in [1.54, 1.807) is 56.9 Å². The molecule has 10 heteroatoms. The molecule has 0 radical (unpaired) electrons. The first-order chi connectivity index (χ1) is 14.0. The van der Waals surface area contributed by atoms with E-state index >= 15 is 0 Å². The Morgan fingerprint density at radius 1 is 1.33 bits per heavy atom. The number of alkyl carbamates (subject to hydrolysis) is 1. The molecule has 0 aliphatic heterocycles. The van der Waals surface area contributed by atoms with Crippen molar-refractivity contribution in [2.45, 2.75) is 52.3 Å². The Bertz CT molecular complexity index is 932. The number of esters is 1. The smallest absolute Gasteiger partial charge is 0.408 e. The number of nitrogens with zero attached hydrogens (tertiary/aromatic N) is 3. The molecule has 1 N–H and O–H groups in total. The van der Waals surface area contributed by atoms with Gasteiger partial charge < -0.3 is 19.4 Å². The van der Waals surface area contributed by atoms with Crippen LogP contribution in [0.5, 0.6) is 0 Å². The molecule has 0 fully saturated rings. The molecule has 0 saturated heterocycles. The summed E-state index contributed by atoms with van der Waals surface area (Å²) in [6, 6.07) is 4.01. The van der Waals surface area contributed by atoms with Gasteiger partial charge in [-0.3, -0.25) is 10.1 Å². The van der Waals surface area contributed by atoms with E-state index < -0.39 is 28.6 Å². The number of carbonyl (C=O) groups is 2. The van der Waals surface area contributed by atoms with Crippen molar-refractivity contribution >= 4 is 17.7 Å². The summed E-state index contributed by atoms with van der Waals surface area (Å²) in [4.78, 5) is 39.1. The fourth-order valence-electron chi connectivity index (χ4n) is 2.80. The zero-order valence-electron chi connectivity index (χ0n) is 17.7. The SMILES string of the molecule is COC(=O)C(Cc1cncn1Cc1ccc(C)c([N+](=O)[O-])c1)NC(=O)OC(C)(C)C. The number of nitro benzene ring substituents is 1. The second-order valence-corrected chi connectivity index (χ2v) is 7.82. The molecule has 0 spiro atoms. The van der Waals surface area contributed by atoms with Gasteiger partial charge in [0.25, 0.3) is 5.69 Å². The van der Waals surface area contributed by atoms with E-state index in [2.05, 4.69) is 10.3 Å². The molecule has 1 aromatic carbocycles. The molecule has 2 aromatic rings. The summed E-state index contributed by atoms with van der Waals surface area (Å²) in [5.41, 5.74) is 1.24. The highest BCUT2D eigenvalue weighted by Crippen LogP contribution is 2.20. The quantitative estimate of drug-likeness (QED) is 0.416. The Hall–Kier alpha value is -3.43. The summed E-state index contributed by atoms with van der Waals surface area (Å²) in [7, 11) is 1.23. The molecule has 0 saturated carbocycles. The molecule has 2 rings (SSSR count).